The van der Waals surface area contributed by atoms with Crippen molar-refractivity contribution in [3.05, 3.63) is 199 Å². The summed E-state index contributed by atoms with van der Waals surface area (Å²) in [7, 11) is 0. The van der Waals surface area contributed by atoms with Crippen LogP contribution in [0.25, 0.3) is 76.9 Å². The maximum absolute atomic E-state index is 6.24. The van der Waals surface area contributed by atoms with Crippen molar-refractivity contribution in [1.29, 1.82) is 0 Å². The summed E-state index contributed by atoms with van der Waals surface area (Å²) in [4.78, 5) is 2.44. The topological polar surface area (TPSA) is 16.4 Å². The molecule has 0 amide bonds. The highest BCUT2D eigenvalue weighted by atomic mass is 16.3. The lowest BCUT2D eigenvalue weighted by Gasteiger charge is -2.29. The third-order valence-corrected chi connectivity index (χ3v) is 11.9. The third kappa shape index (κ3) is 4.88. The fourth-order valence-corrected chi connectivity index (χ4v) is 9.14. The van der Waals surface area contributed by atoms with Crippen molar-refractivity contribution in [2.75, 3.05) is 4.90 Å². The predicted molar refractivity (Wildman–Crippen MR) is 232 cm³/mol. The summed E-state index contributed by atoms with van der Waals surface area (Å²) in [6.07, 6.45) is 0. The zero-order valence-electron chi connectivity index (χ0n) is 30.8. The average molecular weight is 704 g/mol. The van der Waals surface area contributed by atoms with Crippen LogP contribution in [0.5, 0.6) is 0 Å². The van der Waals surface area contributed by atoms with Gasteiger partial charge < -0.3 is 9.32 Å². The van der Waals surface area contributed by atoms with Gasteiger partial charge in [0.1, 0.15) is 11.2 Å². The lowest BCUT2D eigenvalue weighted by atomic mass is 9.82. The third-order valence-electron chi connectivity index (χ3n) is 11.9. The minimum absolute atomic E-state index is 0.0997. The smallest absolute Gasteiger partial charge is 0.136 e. The molecule has 0 N–H and O–H groups in total. The Bertz CT molecular complexity index is 3110. The number of fused-ring (bicyclic) bond motifs is 9. The molecule has 0 atom stereocenters. The van der Waals surface area contributed by atoms with Crippen LogP contribution in [-0.2, 0) is 5.41 Å². The highest BCUT2D eigenvalue weighted by molar-refractivity contribution is 6.19. The summed E-state index contributed by atoms with van der Waals surface area (Å²) in [5, 5.41) is 7.25. The molecule has 11 rings (SSSR count). The van der Waals surface area contributed by atoms with Crippen molar-refractivity contribution in [2.45, 2.75) is 19.3 Å². The second-order valence-electron chi connectivity index (χ2n) is 15.3. The molecule has 0 saturated carbocycles. The first-order valence-corrected chi connectivity index (χ1v) is 19.1. The minimum Gasteiger partial charge on any atom is -0.456 e. The Labute approximate surface area is 320 Å². The Balaban J connectivity index is 1.06. The molecule has 0 spiro atoms. The van der Waals surface area contributed by atoms with E-state index in [2.05, 4.69) is 195 Å². The van der Waals surface area contributed by atoms with Gasteiger partial charge in [-0.15, -0.1) is 0 Å². The van der Waals surface area contributed by atoms with Gasteiger partial charge in [0.25, 0.3) is 0 Å². The molecule has 9 aromatic carbocycles. The lowest BCUT2D eigenvalue weighted by molar-refractivity contribution is 0.660. The standard InChI is InChI=1S/C53H37NO/c1-53(2)46-17-7-5-14-43(46)52-47(53)18-10-19-48(52)54(40-30-25-36(26-31-40)42-16-9-12-35-11-3-4-13-41(35)42)39-28-23-34(24-29-39)38-22-21-37-27-32-50-51(45(37)33-38)44-15-6-8-20-49(44)55-50/h3-33H,1-2H3. The van der Waals surface area contributed by atoms with Crippen molar-refractivity contribution >= 4 is 60.5 Å². The van der Waals surface area contributed by atoms with Crippen LogP contribution in [0.3, 0.4) is 0 Å². The van der Waals surface area contributed by atoms with Crippen LogP contribution in [-0.4, -0.2) is 0 Å². The first kappa shape index (κ1) is 31.6. The van der Waals surface area contributed by atoms with E-state index in [1.165, 1.54) is 77.1 Å². The normalized spacial score (nSPS) is 13.1. The molecule has 260 valence electrons. The van der Waals surface area contributed by atoms with Gasteiger partial charge in [0.15, 0.2) is 0 Å². The number of anilines is 3. The van der Waals surface area contributed by atoms with E-state index in [9.17, 15) is 0 Å². The Morgan fingerprint density at radius 2 is 1.02 bits per heavy atom. The van der Waals surface area contributed by atoms with Crippen molar-refractivity contribution in [1.82, 2.24) is 0 Å². The zero-order chi connectivity index (χ0) is 36.7. The molecule has 0 bridgehead atoms. The zero-order valence-corrected chi connectivity index (χ0v) is 30.8. The molecular weight excluding hydrogens is 667 g/mol. The molecule has 0 aliphatic heterocycles. The molecule has 10 aromatic rings. The molecule has 2 nitrogen and oxygen atoms in total. The van der Waals surface area contributed by atoms with Gasteiger partial charge in [0.2, 0.25) is 0 Å². The van der Waals surface area contributed by atoms with Gasteiger partial charge in [-0.25, -0.2) is 0 Å². The van der Waals surface area contributed by atoms with Crippen LogP contribution >= 0.6 is 0 Å². The SMILES string of the molecule is CC1(C)c2ccccc2-c2c(N(c3ccc(-c4ccc5ccc6oc7ccccc7c6c5c4)cc3)c3ccc(-c4cccc5ccccc45)cc3)cccc21. The number of hydrogen-bond donors (Lipinski definition) is 0. The maximum atomic E-state index is 6.24. The highest BCUT2D eigenvalue weighted by Gasteiger charge is 2.37. The van der Waals surface area contributed by atoms with Crippen molar-refractivity contribution < 1.29 is 4.42 Å². The van der Waals surface area contributed by atoms with Gasteiger partial charge in [0, 0.05) is 33.1 Å². The number of para-hydroxylation sites is 1. The second-order valence-corrected chi connectivity index (χ2v) is 15.3. The van der Waals surface area contributed by atoms with Crippen LogP contribution in [0, 0.1) is 0 Å². The monoisotopic (exact) mass is 703 g/mol. The summed E-state index contributed by atoms with van der Waals surface area (Å²) in [6, 6.07) is 68.5. The van der Waals surface area contributed by atoms with Gasteiger partial charge in [-0.3, -0.25) is 0 Å². The summed E-state index contributed by atoms with van der Waals surface area (Å²) < 4.78 is 6.24. The number of hydrogen-bond acceptors (Lipinski definition) is 2. The van der Waals surface area contributed by atoms with E-state index in [0.717, 1.165) is 27.9 Å². The van der Waals surface area contributed by atoms with Crippen molar-refractivity contribution in [3.63, 3.8) is 0 Å². The van der Waals surface area contributed by atoms with Crippen LogP contribution < -0.4 is 4.90 Å². The number of rotatable bonds is 5. The Kier molecular flexibility index (Phi) is 6.93. The summed E-state index contributed by atoms with van der Waals surface area (Å²) >= 11 is 0. The first-order valence-electron chi connectivity index (χ1n) is 19.1. The van der Waals surface area contributed by atoms with Crippen LogP contribution in [0.4, 0.5) is 17.1 Å². The first-order chi connectivity index (χ1) is 27.0. The van der Waals surface area contributed by atoms with Gasteiger partial charge in [-0.1, -0.05) is 153 Å². The molecule has 0 radical (unpaired) electrons. The number of nitrogens with zero attached hydrogens (tertiary/aromatic N) is 1. The predicted octanol–water partition coefficient (Wildman–Crippen LogP) is 15.0. The Morgan fingerprint density at radius 1 is 0.418 bits per heavy atom. The second kappa shape index (κ2) is 12.1. The quantitative estimate of drug-likeness (QED) is 0.177. The van der Waals surface area contributed by atoms with E-state index in [-0.39, 0.29) is 5.41 Å². The van der Waals surface area contributed by atoms with E-state index in [0.29, 0.717) is 0 Å². The average Bonchev–Trinajstić information content (AvgIpc) is 3.74. The molecular formula is C53H37NO. The molecule has 1 aromatic heterocycles. The van der Waals surface area contributed by atoms with E-state index >= 15 is 0 Å². The molecule has 0 saturated heterocycles. The summed E-state index contributed by atoms with van der Waals surface area (Å²) in [5.41, 5.74) is 15.3. The van der Waals surface area contributed by atoms with Gasteiger partial charge in [-0.05, 0) is 109 Å². The highest BCUT2D eigenvalue weighted by Crippen LogP contribution is 2.54. The van der Waals surface area contributed by atoms with E-state index < -0.39 is 0 Å². The van der Waals surface area contributed by atoms with Crippen molar-refractivity contribution in [3.8, 4) is 33.4 Å². The van der Waals surface area contributed by atoms with E-state index in [1.807, 2.05) is 12.1 Å². The van der Waals surface area contributed by atoms with E-state index in [4.69, 9.17) is 4.42 Å². The molecule has 0 unspecified atom stereocenters. The molecule has 2 heteroatoms. The van der Waals surface area contributed by atoms with Crippen LogP contribution in [0.15, 0.2) is 192 Å². The molecule has 0 fully saturated rings. The largest absolute Gasteiger partial charge is 0.456 e. The molecule has 55 heavy (non-hydrogen) atoms. The Morgan fingerprint density at radius 3 is 1.85 bits per heavy atom. The van der Waals surface area contributed by atoms with Gasteiger partial charge in [-0.2, -0.15) is 0 Å². The molecule has 1 aliphatic carbocycles. The summed E-state index contributed by atoms with van der Waals surface area (Å²) in [5.74, 6) is 0. The number of benzene rings is 9. The Hall–Kier alpha value is -6.90. The van der Waals surface area contributed by atoms with Gasteiger partial charge in [0.05, 0.1) is 5.69 Å². The van der Waals surface area contributed by atoms with Crippen molar-refractivity contribution in [2.24, 2.45) is 0 Å². The fraction of sp³-hybridized carbons (Fsp3) is 0.0566. The lowest BCUT2D eigenvalue weighted by Crippen LogP contribution is -2.16. The van der Waals surface area contributed by atoms with Crippen LogP contribution in [0.1, 0.15) is 25.0 Å². The number of furan rings is 1. The van der Waals surface area contributed by atoms with Gasteiger partial charge >= 0.3 is 0 Å². The summed E-state index contributed by atoms with van der Waals surface area (Å²) in [6.45, 7) is 4.70. The van der Waals surface area contributed by atoms with E-state index in [1.54, 1.807) is 0 Å². The minimum atomic E-state index is -0.0997. The van der Waals surface area contributed by atoms with Crippen LogP contribution in [0.2, 0.25) is 0 Å². The molecule has 1 aliphatic rings. The molecule has 1 heterocycles. The fourth-order valence-electron chi connectivity index (χ4n) is 9.14. The maximum Gasteiger partial charge on any atom is 0.136 e.